The van der Waals surface area contributed by atoms with Gasteiger partial charge in [0.25, 0.3) is 0 Å². The van der Waals surface area contributed by atoms with Crippen molar-refractivity contribution in [3.05, 3.63) is 45.6 Å². The highest BCUT2D eigenvalue weighted by molar-refractivity contribution is 7.11. The number of anilines is 2. The predicted molar refractivity (Wildman–Crippen MR) is 86.5 cm³/mol. The molecule has 0 spiro atoms. The number of nitrogens with one attached hydrogen (secondary N) is 2. The lowest BCUT2D eigenvalue weighted by Gasteiger charge is -2.13. The van der Waals surface area contributed by atoms with E-state index in [0.29, 0.717) is 6.42 Å². The van der Waals surface area contributed by atoms with E-state index in [1.165, 1.54) is 9.75 Å². The summed E-state index contributed by atoms with van der Waals surface area (Å²) in [6.45, 7) is 6.80. The third-order valence-corrected chi connectivity index (χ3v) is 4.18. The lowest BCUT2D eigenvalue weighted by atomic mass is 10.1. The summed E-state index contributed by atoms with van der Waals surface area (Å²) < 4.78 is 0. The lowest BCUT2D eigenvalue weighted by molar-refractivity contribution is -0.115. The quantitative estimate of drug-likeness (QED) is 0.860. The number of rotatable bonds is 5. The minimum Gasteiger partial charge on any atom is -0.380 e. The van der Waals surface area contributed by atoms with Crippen molar-refractivity contribution in [3.8, 4) is 0 Å². The molecule has 3 nitrogen and oxygen atoms in total. The van der Waals surface area contributed by atoms with Crippen molar-refractivity contribution in [2.24, 2.45) is 0 Å². The molecule has 2 rings (SSSR count). The molecule has 1 heterocycles. The van der Waals surface area contributed by atoms with E-state index >= 15 is 0 Å². The second kappa shape index (κ2) is 6.57. The maximum atomic E-state index is 11.5. The van der Waals surface area contributed by atoms with Crippen molar-refractivity contribution < 1.29 is 4.79 Å². The Hall–Kier alpha value is -1.81. The number of carbonyl (C=O) groups excluding carboxylic acids is 1. The first-order valence-electron chi connectivity index (χ1n) is 6.78. The molecule has 0 unspecified atom stereocenters. The Morgan fingerprint density at radius 2 is 1.90 bits per heavy atom. The molecule has 20 heavy (non-hydrogen) atoms. The summed E-state index contributed by atoms with van der Waals surface area (Å²) in [5.41, 5.74) is 3.01. The van der Waals surface area contributed by atoms with E-state index in [-0.39, 0.29) is 5.91 Å². The average molecular weight is 288 g/mol. The van der Waals surface area contributed by atoms with E-state index < -0.39 is 0 Å². The average Bonchev–Trinajstić information content (AvgIpc) is 2.85. The highest BCUT2D eigenvalue weighted by Gasteiger charge is 2.06. The molecule has 0 bridgehead atoms. The van der Waals surface area contributed by atoms with Gasteiger partial charge in [0, 0.05) is 34.1 Å². The Labute approximate surface area is 124 Å². The van der Waals surface area contributed by atoms with Crippen LogP contribution in [0.4, 0.5) is 11.4 Å². The molecule has 2 aromatic rings. The number of hydrogen-bond donors (Lipinski definition) is 2. The molecule has 0 saturated carbocycles. The van der Waals surface area contributed by atoms with Crippen LogP contribution in [0.25, 0.3) is 0 Å². The largest absolute Gasteiger partial charge is 0.380 e. The smallest absolute Gasteiger partial charge is 0.224 e. The molecule has 0 aliphatic carbocycles. The third-order valence-electron chi connectivity index (χ3n) is 3.18. The normalized spacial score (nSPS) is 10.3. The molecule has 1 aromatic heterocycles. The first-order chi connectivity index (χ1) is 9.60. The molecular weight excluding hydrogens is 268 g/mol. The van der Waals surface area contributed by atoms with Crippen molar-refractivity contribution in [2.75, 3.05) is 10.6 Å². The third kappa shape index (κ3) is 3.61. The van der Waals surface area contributed by atoms with Crippen molar-refractivity contribution in [1.82, 2.24) is 0 Å². The van der Waals surface area contributed by atoms with Gasteiger partial charge < -0.3 is 10.6 Å². The van der Waals surface area contributed by atoms with Crippen LogP contribution in [0.15, 0.2) is 30.3 Å². The van der Waals surface area contributed by atoms with Crippen LogP contribution in [0, 0.1) is 13.8 Å². The zero-order chi connectivity index (χ0) is 14.5. The standard InChI is InChI=1S/C16H20N2OS/c1-4-16(19)18-15-7-5-6-14(12(15)3)17-10-13-9-8-11(2)20-13/h5-9,17H,4,10H2,1-3H3,(H,18,19). The number of benzene rings is 1. The Kier molecular flexibility index (Phi) is 4.79. The summed E-state index contributed by atoms with van der Waals surface area (Å²) in [7, 11) is 0. The van der Waals surface area contributed by atoms with Gasteiger partial charge in [0.05, 0.1) is 0 Å². The summed E-state index contributed by atoms with van der Waals surface area (Å²) in [5.74, 6) is 0.0409. The fourth-order valence-electron chi connectivity index (χ4n) is 1.96. The minimum atomic E-state index is 0.0409. The van der Waals surface area contributed by atoms with E-state index in [2.05, 4.69) is 29.7 Å². The number of thiophene rings is 1. The maximum Gasteiger partial charge on any atom is 0.224 e. The highest BCUT2D eigenvalue weighted by Crippen LogP contribution is 2.25. The summed E-state index contributed by atoms with van der Waals surface area (Å²) in [6.07, 6.45) is 0.492. The van der Waals surface area contributed by atoms with Crippen LogP contribution in [-0.4, -0.2) is 5.91 Å². The Balaban J connectivity index is 2.08. The van der Waals surface area contributed by atoms with E-state index in [1.807, 2.05) is 32.0 Å². The molecule has 0 aliphatic heterocycles. The van der Waals surface area contributed by atoms with E-state index in [1.54, 1.807) is 11.3 Å². The zero-order valence-corrected chi connectivity index (χ0v) is 12.9. The molecule has 1 aromatic carbocycles. The predicted octanol–water partition coefficient (Wildman–Crippen LogP) is 4.33. The summed E-state index contributed by atoms with van der Waals surface area (Å²) in [6, 6.07) is 10.2. The van der Waals surface area contributed by atoms with Crippen LogP contribution in [-0.2, 0) is 11.3 Å². The molecule has 0 atom stereocenters. The molecule has 0 aliphatic rings. The Morgan fingerprint density at radius 1 is 1.15 bits per heavy atom. The summed E-state index contributed by atoms with van der Waals surface area (Å²) in [5, 5.41) is 6.36. The van der Waals surface area contributed by atoms with Gasteiger partial charge in [-0.25, -0.2) is 0 Å². The van der Waals surface area contributed by atoms with Crippen LogP contribution < -0.4 is 10.6 Å². The van der Waals surface area contributed by atoms with Gasteiger partial charge in [-0.3, -0.25) is 4.79 Å². The Bertz CT molecular complexity index is 604. The number of carbonyl (C=O) groups is 1. The topological polar surface area (TPSA) is 41.1 Å². The molecule has 106 valence electrons. The minimum absolute atomic E-state index is 0.0409. The van der Waals surface area contributed by atoms with Gasteiger partial charge in [0.2, 0.25) is 5.91 Å². The monoisotopic (exact) mass is 288 g/mol. The van der Waals surface area contributed by atoms with E-state index in [4.69, 9.17) is 0 Å². The number of amides is 1. The van der Waals surface area contributed by atoms with Gasteiger partial charge in [0.1, 0.15) is 0 Å². The molecule has 1 amide bonds. The first kappa shape index (κ1) is 14.6. The Morgan fingerprint density at radius 3 is 2.55 bits per heavy atom. The van der Waals surface area contributed by atoms with Crippen LogP contribution in [0.1, 0.15) is 28.7 Å². The number of aryl methyl sites for hydroxylation is 1. The van der Waals surface area contributed by atoms with E-state index in [0.717, 1.165) is 23.5 Å². The van der Waals surface area contributed by atoms with Gasteiger partial charge in [-0.15, -0.1) is 11.3 Å². The van der Waals surface area contributed by atoms with Crippen LogP contribution >= 0.6 is 11.3 Å². The van der Waals surface area contributed by atoms with E-state index in [9.17, 15) is 4.79 Å². The number of hydrogen-bond acceptors (Lipinski definition) is 3. The van der Waals surface area contributed by atoms with Gasteiger partial charge in [-0.1, -0.05) is 13.0 Å². The molecule has 2 N–H and O–H groups in total. The molecule has 0 saturated heterocycles. The fourth-order valence-corrected chi connectivity index (χ4v) is 2.79. The molecule has 4 heteroatoms. The van der Waals surface area contributed by atoms with Crippen molar-refractivity contribution >= 4 is 28.6 Å². The van der Waals surface area contributed by atoms with Gasteiger partial charge in [-0.2, -0.15) is 0 Å². The van der Waals surface area contributed by atoms with Gasteiger partial charge in [-0.05, 0) is 43.7 Å². The maximum absolute atomic E-state index is 11.5. The van der Waals surface area contributed by atoms with Crippen molar-refractivity contribution in [2.45, 2.75) is 33.7 Å². The molecular formula is C16H20N2OS. The zero-order valence-electron chi connectivity index (χ0n) is 12.1. The van der Waals surface area contributed by atoms with Crippen LogP contribution in [0.3, 0.4) is 0 Å². The van der Waals surface area contributed by atoms with Gasteiger partial charge >= 0.3 is 0 Å². The lowest BCUT2D eigenvalue weighted by Crippen LogP contribution is -2.11. The fraction of sp³-hybridized carbons (Fsp3) is 0.312. The summed E-state index contributed by atoms with van der Waals surface area (Å²) >= 11 is 1.80. The van der Waals surface area contributed by atoms with Crippen molar-refractivity contribution in [1.29, 1.82) is 0 Å². The second-order valence-electron chi connectivity index (χ2n) is 4.75. The molecule has 0 radical (unpaired) electrons. The van der Waals surface area contributed by atoms with Gasteiger partial charge in [0.15, 0.2) is 0 Å². The SMILES string of the molecule is CCC(=O)Nc1cccc(NCc2ccc(C)s2)c1C. The summed E-state index contributed by atoms with van der Waals surface area (Å²) in [4.78, 5) is 14.1. The van der Waals surface area contributed by atoms with Crippen LogP contribution in [0.2, 0.25) is 0 Å². The molecule has 0 fully saturated rings. The highest BCUT2D eigenvalue weighted by atomic mass is 32.1. The van der Waals surface area contributed by atoms with Crippen LogP contribution in [0.5, 0.6) is 0 Å². The second-order valence-corrected chi connectivity index (χ2v) is 6.12. The van der Waals surface area contributed by atoms with Crippen molar-refractivity contribution in [3.63, 3.8) is 0 Å². The first-order valence-corrected chi connectivity index (χ1v) is 7.60.